The maximum absolute atomic E-state index is 12.6. The van der Waals surface area contributed by atoms with Gasteiger partial charge < -0.3 is 10.1 Å². The van der Waals surface area contributed by atoms with E-state index in [2.05, 4.69) is 10.0 Å². The molecule has 0 fully saturated rings. The molecule has 0 radical (unpaired) electrons. The minimum absolute atomic E-state index is 0.0133. The summed E-state index contributed by atoms with van der Waals surface area (Å²) in [4.78, 5) is 24.4. The number of nitrogens with one attached hydrogen (secondary N) is 2. The topological polar surface area (TPSA) is 102 Å². The van der Waals surface area contributed by atoms with Crippen LogP contribution in [0.15, 0.2) is 77.7 Å². The largest absolute Gasteiger partial charge is 0.452 e. The molecule has 0 aromatic heterocycles. The van der Waals surface area contributed by atoms with Gasteiger partial charge in [-0.05, 0) is 48.4 Å². The van der Waals surface area contributed by atoms with Crippen LogP contribution in [0.25, 0.3) is 0 Å². The van der Waals surface area contributed by atoms with E-state index in [1.54, 1.807) is 37.3 Å². The molecule has 0 aliphatic heterocycles. The van der Waals surface area contributed by atoms with Crippen molar-refractivity contribution < 1.29 is 22.7 Å². The zero-order valence-electron chi connectivity index (χ0n) is 17.2. The predicted molar refractivity (Wildman–Crippen MR) is 122 cm³/mol. The van der Waals surface area contributed by atoms with Crippen LogP contribution in [0.3, 0.4) is 0 Å². The average Bonchev–Trinajstić information content (AvgIpc) is 2.80. The monoisotopic (exact) mass is 472 g/mol. The van der Waals surface area contributed by atoms with Crippen molar-refractivity contribution in [2.45, 2.75) is 18.4 Å². The summed E-state index contributed by atoms with van der Waals surface area (Å²) in [5.74, 6) is -1.36. The van der Waals surface area contributed by atoms with Gasteiger partial charge in [-0.3, -0.25) is 4.79 Å². The van der Waals surface area contributed by atoms with Crippen molar-refractivity contribution in [2.24, 2.45) is 0 Å². The predicted octanol–water partition coefficient (Wildman–Crippen LogP) is 3.92. The Labute approximate surface area is 191 Å². The van der Waals surface area contributed by atoms with Gasteiger partial charge in [0.2, 0.25) is 10.0 Å². The Kier molecular flexibility index (Phi) is 7.63. The Bertz CT molecular complexity index is 1230. The molecular weight excluding hydrogens is 452 g/mol. The zero-order valence-corrected chi connectivity index (χ0v) is 18.7. The average molecular weight is 473 g/mol. The minimum atomic E-state index is -3.84. The third-order valence-electron chi connectivity index (χ3n) is 4.57. The second-order valence-corrected chi connectivity index (χ2v) is 9.05. The number of benzene rings is 3. The first-order valence-electron chi connectivity index (χ1n) is 9.62. The van der Waals surface area contributed by atoms with E-state index < -0.39 is 28.5 Å². The Morgan fingerprint density at radius 1 is 0.969 bits per heavy atom. The van der Waals surface area contributed by atoms with Gasteiger partial charge in [0.05, 0.1) is 10.5 Å². The second kappa shape index (κ2) is 10.4. The summed E-state index contributed by atoms with van der Waals surface area (Å²) in [5, 5.41) is 3.12. The molecule has 0 bridgehead atoms. The van der Waals surface area contributed by atoms with Crippen LogP contribution < -0.4 is 10.0 Å². The lowest BCUT2D eigenvalue weighted by Crippen LogP contribution is -2.24. The van der Waals surface area contributed by atoms with Crippen molar-refractivity contribution in [3.8, 4) is 0 Å². The second-order valence-electron chi connectivity index (χ2n) is 6.87. The van der Waals surface area contributed by atoms with Gasteiger partial charge in [0.25, 0.3) is 5.91 Å². The van der Waals surface area contributed by atoms with Crippen LogP contribution in [0.5, 0.6) is 0 Å². The van der Waals surface area contributed by atoms with E-state index in [9.17, 15) is 18.0 Å². The van der Waals surface area contributed by atoms with Crippen LogP contribution >= 0.6 is 11.6 Å². The van der Waals surface area contributed by atoms with Crippen molar-refractivity contribution in [1.82, 2.24) is 4.72 Å². The number of ether oxygens (including phenoxy) is 1. The first-order chi connectivity index (χ1) is 15.3. The van der Waals surface area contributed by atoms with Gasteiger partial charge in [-0.25, -0.2) is 17.9 Å². The summed E-state index contributed by atoms with van der Waals surface area (Å²) in [6.07, 6.45) is 0. The number of hydrogen-bond acceptors (Lipinski definition) is 5. The Morgan fingerprint density at radius 3 is 2.44 bits per heavy atom. The van der Waals surface area contributed by atoms with Crippen molar-refractivity contribution in [3.63, 3.8) is 0 Å². The van der Waals surface area contributed by atoms with E-state index in [0.717, 1.165) is 5.56 Å². The van der Waals surface area contributed by atoms with E-state index in [1.807, 2.05) is 18.2 Å². The van der Waals surface area contributed by atoms with Crippen LogP contribution in [0.2, 0.25) is 5.02 Å². The first kappa shape index (κ1) is 23.5. The molecule has 2 N–H and O–H groups in total. The van der Waals surface area contributed by atoms with E-state index in [0.29, 0.717) is 16.3 Å². The molecule has 0 unspecified atom stereocenters. The fraction of sp³-hybridized carbons (Fsp3) is 0.130. The Morgan fingerprint density at radius 2 is 1.69 bits per heavy atom. The van der Waals surface area contributed by atoms with Crippen LogP contribution in [-0.2, 0) is 26.1 Å². The van der Waals surface area contributed by atoms with E-state index >= 15 is 0 Å². The minimum Gasteiger partial charge on any atom is -0.452 e. The summed E-state index contributed by atoms with van der Waals surface area (Å²) < 4.78 is 32.7. The van der Waals surface area contributed by atoms with E-state index in [-0.39, 0.29) is 17.0 Å². The molecule has 0 aliphatic rings. The lowest BCUT2D eigenvalue weighted by molar-refractivity contribution is -0.119. The number of esters is 1. The molecule has 3 aromatic carbocycles. The standard InChI is InChI=1S/C23H21ClN2O5S/c1-16-20(24)11-6-12-21(16)26-22(27)15-31-23(28)18-9-5-10-19(13-18)32(29,30)25-14-17-7-3-2-4-8-17/h2-13,25H,14-15H2,1H3,(H,26,27). The lowest BCUT2D eigenvalue weighted by Gasteiger charge is -2.11. The number of anilines is 1. The molecule has 166 valence electrons. The number of hydrogen-bond donors (Lipinski definition) is 2. The van der Waals surface area contributed by atoms with Gasteiger partial charge in [0, 0.05) is 17.3 Å². The van der Waals surface area contributed by atoms with Crippen LogP contribution in [-0.4, -0.2) is 26.9 Å². The van der Waals surface area contributed by atoms with Crippen LogP contribution in [0.4, 0.5) is 5.69 Å². The number of halogens is 1. The molecule has 3 aromatic rings. The third-order valence-corrected chi connectivity index (χ3v) is 6.37. The highest BCUT2D eigenvalue weighted by atomic mass is 35.5. The van der Waals surface area contributed by atoms with Crippen LogP contribution in [0, 0.1) is 6.92 Å². The summed E-state index contributed by atoms with van der Waals surface area (Å²) in [6, 6.07) is 19.5. The first-order valence-corrected chi connectivity index (χ1v) is 11.5. The summed E-state index contributed by atoms with van der Waals surface area (Å²) in [7, 11) is -3.84. The Hall–Kier alpha value is -3.20. The fourth-order valence-corrected chi connectivity index (χ4v) is 4.03. The molecule has 32 heavy (non-hydrogen) atoms. The Balaban J connectivity index is 1.60. The highest BCUT2D eigenvalue weighted by Crippen LogP contribution is 2.22. The summed E-state index contributed by atoms with van der Waals surface area (Å²) in [6.45, 7) is 1.33. The SMILES string of the molecule is Cc1c(Cl)cccc1NC(=O)COC(=O)c1cccc(S(=O)(=O)NCc2ccccc2)c1. The van der Waals surface area contributed by atoms with Crippen molar-refractivity contribution >= 4 is 39.2 Å². The van der Waals surface area contributed by atoms with Gasteiger partial charge in [0.1, 0.15) is 0 Å². The van der Waals surface area contributed by atoms with Crippen LogP contribution in [0.1, 0.15) is 21.5 Å². The quantitative estimate of drug-likeness (QED) is 0.484. The van der Waals surface area contributed by atoms with Gasteiger partial charge >= 0.3 is 5.97 Å². The van der Waals surface area contributed by atoms with Crippen molar-refractivity contribution in [2.75, 3.05) is 11.9 Å². The normalized spacial score (nSPS) is 11.1. The number of rotatable bonds is 8. The van der Waals surface area contributed by atoms with Gasteiger partial charge in [-0.2, -0.15) is 0 Å². The van der Waals surface area contributed by atoms with Gasteiger partial charge in [0.15, 0.2) is 6.61 Å². The summed E-state index contributed by atoms with van der Waals surface area (Å²) >= 11 is 6.02. The summed E-state index contributed by atoms with van der Waals surface area (Å²) in [5.41, 5.74) is 2.01. The molecule has 0 atom stereocenters. The molecule has 1 amide bonds. The molecule has 0 saturated carbocycles. The lowest BCUT2D eigenvalue weighted by atomic mass is 10.2. The van der Waals surface area contributed by atoms with E-state index in [1.165, 1.54) is 24.3 Å². The molecular formula is C23H21ClN2O5S. The molecule has 7 nitrogen and oxygen atoms in total. The molecule has 0 heterocycles. The molecule has 0 spiro atoms. The fourth-order valence-electron chi connectivity index (χ4n) is 2.79. The third kappa shape index (κ3) is 6.16. The van der Waals surface area contributed by atoms with Crippen molar-refractivity contribution in [3.05, 3.63) is 94.5 Å². The molecule has 0 saturated heterocycles. The number of carbonyl (C=O) groups excluding carboxylic acids is 2. The smallest absolute Gasteiger partial charge is 0.338 e. The highest BCUT2D eigenvalue weighted by Gasteiger charge is 2.18. The maximum atomic E-state index is 12.6. The number of sulfonamides is 1. The van der Waals surface area contributed by atoms with E-state index in [4.69, 9.17) is 16.3 Å². The van der Waals surface area contributed by atoms with Crippen molar-refractivity contribution in [1.29, 1.82) is 0 Å². The number of amides is 1. The zero-order chi connectivity index (χ0) is 23.1. The van der Waals surface area contributed by atoms with Gasteiger partial charge in [-0.1, -0.05) is 54.1 Å². The highest BCUT2D eigenvalue weighted by molar-refractivity contribution is 7.89. The molecule has 3 rings (SSSR count). The van der Waals surface area contributed by atoms with Gasteiger partial charge in [-0.15, -0.1) is 0 Å². The maximum Gasteiger partial charge on any atom is 0.338 e. The molecule has 9 heteroatoms. The number of carbonyl (C=O) groups is 2. The molecule has 0 aliphatic carbocycles.